The van der Waals surface area contributed by atoms with Crippen LogP contribution in [-0.4, -0.2) is 18.0 Å². The fraction of sp³-hybridized carbons (Fsp3) is 0.750. The summed E-state index contributed by atoms with van der Waals surface area (Å²) in [5.74, 6) is 0.881. The highest BCUT2D eigenvalue weighted by Gasteiger charge is 2.28. The van der Waals surface area contributed by atoms with Crippen LogP contribution in [0.5, 0.6) is 0 Å². The molecule has 2 N–H and O–H groups in total. The van der Waals surface area contributed by atoms with Crippen LogP contribution in [0.3, 0.4) is 0 Å². The van der Waals surface area contributed by atoms with Crippen LogP contribution in [0.2, 0.25) is 0 Å². The number of piperidine rings is 1. The molecule has 1 aromatic heterocycles. The van der Waals surface area contributed by atoms with Crippen LogP contribution in [0.25, 0.3) is 0 Å². The molecular weight excluding hydrogens is 252 g/mol. The van der Waals surface area contributed by atoms with Crippen LogP contribution >= 0.6 is 11.3 Å². The molecule has 0 bridgehead atoms. The van der Waals surface area contributed by atoms with Crippen molar-refractivity contribution >= 4 is 11.3 Å². The number of thiophene rings is 1. The van der Waals surface area contributed by atoms with Crippen LogP contribution in [-0.2, 0) is 13.1 Å². The van der Waals surface area contributed by atoms with Crippen molar-refractivity contribution in [3.63, 3.8) is 0 Å². The second-order valence-corrected chi connectivity index (χ2v) is 8.26. The van der Waals surface area contributed by atoms with Crippen molar-refractivity contribution in [3.05, 3.63) is 21.4 Å². The molecule has 108 valence electrons. The Labute approximate surface area is 122 Å². The lowest BCUT2D eigenvalue weighted by Gasteiger charge is -2.38. The van der Waals surface area contributed by atoms with Crippen molar-refractivity contribution in [1.29, 1.82) is 0 Å². The van der Waals surface area contributed by atoms with Gasteiger partial charge in [-0.1, -0.05) is 20.8 Å². The van der Waals surface area contributed by atoms with Gasteiger partial charge in [-0.25, -0.2) is 0 Å². The molecular formula is C16H28N2S. The van der Waals surface area contributed by atoms with Gasteiger partial charge in [0, 0.05) is 22.8 Å². The van der Waals surface area contributed by atoms with Crippen LogP contribution < -0.4 is 5.73 Å². The molecule has 0 amide bonds. The molecule has 19 heavy (non-hydrogen) atoms. The predicted octanol–water partition coefficient (Wildman–Crippen LogP) is 3.77. The molecule has 1 fully saturated rings. The van der Waals surface area contributed by atoms with Crippen molar-refractivity contribution in [3.8, 4) is 0 Å². The highest BCUT2D eigenvalue weighted by Crippen LogP contribution is 2.35. The lowest BCUT2D eigenvalue weighted by atomic mass is 9.75. The minimum atomic E-state index is 0.469. The minimum absolute atomic E-state index is 0.469. The number of hydrogen-bond acceptors (Lipinski definition) is 3. The minimum Gasteiger partial charge on any atom is -0.326 e. The Morgan fingerprint density at radius 1 is 1.32 bits per heavy atom. The zero-order valence-corrected chi connectivity index (χ0v) is 13.6. The molecule has 1 aliphatic rings. The molecule has 2 rings (SSSR count). The summed E-state index contributed by atoms with van der Waals surface area (Å²) in [4.78, 5) is 5.37. The maximum absolute atomic E-state index is 5.73. The lowest BCUT2D eigenvalue weighted by Crippen LogP contribution is -2.37. The molecule has 2 nitrogen and oxygen atoms in total. The zero-order chi connectivity index (χ0) is 14.0. The molecule has 1 saturated heterocycles. The monoisotopic (exact) mass is 280 g/mol. The summed E-state index contributed by atoms with van der Waals surface area (Å²) >= 11 is 1.86. The average Bonchev–Trinajstić information content (AvgIpc) is 2.70. The van der Waals surface area contributed by atoms with E-state index in [0.29, 0.717) is 12.0 Å². The number of likely N-dealkylation sites (tertiary alicyclic amines) is 1. The van der Waals surface area contributed by atoms with E-state index in [1.54, 1.807) is 0 Å². The van der Waals surface area contributed by atoms with E-state index in [1.807, 2.05) is 11.3 Å². The quantitative estimate of drug-likeness (QED) is 0.913. The molecule has 1 aliphatic heterocycles. The van der Waals surface area contributed by atoms with Crippen molar-refractivity contribution < 1.29 is 0 Å². The van der Waals surface area contributed by atoms with Crippen molar-refractivity contribution in [2.45, 2.75) is 53.6 Å². The van der Waals surface area contributed by atoms with Crippen LogP contribution in [0.15, 0.2) is 6.07 Å². The Kier molecular flexibility index (Phi) is 4.70. The summed E-state index contributed by atoms with van der Waals surface area (Å²) in [5.41, 5.74) is 7.68. The third-order valence-corrected chi connectivity index (χ3v) is 5.59. The highest BCUT2D eigenvalue weighted by molar-refractivity contribution is 7.12. The van der Waals surface area contributed by atoms with E-state index < -0.39 is 0 Å². The largest absolute Gasteiger partial charge is 0.326 e. The molecule has 0 aliphatic carbocycles. The smallest absolute Gasteiger partial charge is 0.0274 e. The highest BCUT2D eigenvalue weighted by atomic mass is 32.1. The number of nitrogens with zero attached hydrogens (tertiary/aromatic N) is 1. The SMILES string of the molecule is Cc1sc(CN)cc1CN1CCC(C(C)(C)C)CC1. The van der Waals surface area contributed by atoms with Gasteiger partial charge in [-0.15, -0.1) is 11.3 Å². The summed E-state index contributed by atoms with van der Waals surface area (Å²) in [7, 11) is 0. The maximum Gasteiger partial charge on any atom is 0.0274 e. The van der Waals surface area contributed by atoms with Gasteiger partial charge < -0.3 is 5.73 Å². The van der Waals surface area contributed by atoms with E-state index in [9.17, 15) is 0 Å². The molecule has 0 aromatic carbocycles. The van der Waals surface area contributed by atoms with E-state index >= 15 is 0 Å². The molecule has 0 atom stereocenters. The molecule has 0 radical (unpaired) electrons. The van der Waals surface area contributed by atoms with Gasteiger partial charge in [0.15, 0.2) is 0 Å². The number of hydrogen-bond donors (Lipinski definition) is 1. The fourth-order valence-electron chi connectivity index (χ4n) is 3.04. The van der Waals surface area contributed by atoms with Gasteiger partial charge in [0.2, 0.25) is 0 Å². The van der Waals surface area contributed by atoms with E-state index in [-0.39, 0.29) is 0 Å². The van der Waals surface area contributed by atoms with E-state index in [4.69, 9.17) is 5.73 Å². The third kappa shape index (κ3) is 3.80. The van der Waals surface area contributed by atoms with Gasteiger partial charge in [0.25, 0.3) is 0 Å². The molecule has 1 aromatic rings. The Balaban J connectivity index is 1.90. The first kappa shape index (κ1) is 15.0. The molecule has 0 unspecified atom stereocenters. The van der Waals surface area contributed by atoms with Crippen LogP contribution in [0.1, 0.15) is 48.9 Å². The predicted molar refractivity (Wildman–Crippen MR) is 84.4 cm³/mol. The second-order valence-electron chi connectivity index (χ2n) is 6.91. The summed E-state index contributed by atoms with van der Waals surface area (Å²) in [6.07, 6.45) is 2.69. The van der Waals surface area contributed by atoms with Gasteiger partial charge in [-0.05, 0) is 55.8 Å². The van der Waals surface area contributed by atoms with Crippen molar-refractivity contribution in [1.82, 2.24) is 4.90 Å². The molecule has 0 spiro atoms. The summed E-state index contributed by atoms with van der Waals surface area (Å²) in [5, 5.41) is 0. The van der Waals surface area contributed by atoms with Gasteiger partial charge in [-0.2, -0.15) is 0 Å². The summed E-state index contributed by atoms with van der Waals surface area (Å²) < 4.78 is 0. The second kappa shape index (κ2) is 5.94. The number of aryl methyl sites for hydroxylation is 1. The Morgan fingerprint density at radius 3 is 2.42 bits per heavy atom. The zero-order valence-electron chi connectivity index (χ0n) is 12.8. The van der Waals surface area contributed by atoms with Gasteiger partial charge in [0.1, 0.15) is 0 Å². The fourth-order valence-corrected chi connectivity index (χ4v) is 3.98. The van der Waals surface area contributed by atoms with Crippen LogP contribution in [0.4, 0.5) is 0 Å². The first-order valence-corrected chi connectivity index (χ1v) is 8.22. The van der Waals surface area contributed by atoms with Gasteiger partial charge >= 0.3 is 0 Å². The van der Waals surface area contributed by atoms with Crippen LogP contribution in [0, 0.1) is 18.3 Å². The maximum atomic E-state index is 5.73. The normalized spacial score (nSPS) is 19.0. The van der Waals surface area contributed by atoms with Gasteiger partial charge in [0.05, 0.1) is 0 Å². The standard InChI is InChI=1S/C16H28N2S/c1-12-13(9-15(10-17)19-12)11-18-7-5-14(6-8-18)16(2,3)4/h9,14H,5-8,10-11,17H2,1-4H3. The lowest BCUT2D eigenvalue weighted by molar-refractivity contribution is 0.108. The summed E-state index contributed by atoms with van der Waals surface area (Å²) in [6, 6.07) is 2.30. The van der Waals surface area contributed by atoms with Crippen molar-refractivity contribution in [2.75, 3.05) is 13.1 Å². The summed E-state index contributed by atoms with van der Waals surface area (Å²) in [6.45, 7) is 13.6. The number of nitrogens with two attached hydrogens (primary N) is 1. The first-order valence-electron chi connectivity index (χ1n) is 7.40. The van der Waals surface area contributed by atoms with E-state index in [0.717, 1.165) is 12.5 Å². The van der Waals surface area contributed by atoms with Crippen molar-refractivity contribution in [2.24, 2.45) is 17.1 Å². The van der Waals surface area contributed by atoms with E-state index in [2.05, 4.69) is 38.7 Å². The molecule has 2 heterocycles. The molecule has 0 saturated carbocycles. The molecule has 3 heteroatoms. The first-order chi connectivity index (χ1) is 8.90. The Bertz CT molecular complexity index is 409. The topological polar surface area (TPSA) is 29.3 Å². The Morgan fingerprint density at radius 2 is 1.95 bits per heavy atom. The van der Waals surface area contributed by atoms with Gasteiger partial charge in [-0.3, -0.25) is 4.90 Å². The average molecular weight is 280 g/mol. The Hall–Kier alpha value is -0.380. The van der Waals surface area contributed by atoms with E-state index in [1.165, 1.54) is 41.2 Å². The third-order valence-electron chi connectivity index (χ3n) is 4.48. The number of rotatable bonds is 3.